The van der Waals surface area contributed by atoms with E-state index in [1.54, 1.807) is 0 Å². The molecule has 2 heterocycles. The molecule has 4 saturated carbocycles. The first kappa shape index (κ1) is 86.4. The molecule has 14 rings (SSSR count). The molecule has 0 unspecified atom stereocenters. The van der Waals surface area contributed by atoms with Gasteiger partial charge in [-0.1, -0.05) is 366 Å². The predicted molar refractivity (Wildman–Crippen MR) is 389 cm³/mol. The SMILES string of the molecule is CC(C)[C@@H]1COC([C]2[C-][CH][CH][CH]2)=N1.CC(C)[C@@H]1COC([C]2[C-][CH][CH][CH]2)=N1.N=C([O-])C(Cl)(Cl)Cl.N=C([O-])C(Cl)(Cl)Cl.[Co].[Co].[Pd+2].[Pd+2].c1ccc([C]2[C](c3ccccc3)[C](c3ccccc3)[C]2c2ccccc2)cc1.c1ccc([C]2[C](c3ccccc3)[C](c3ccccc3)[C]2c2ccccc2)cc1. The molecule has 0 amide bonds. The smallest absolute Gasteiger partial charge is 0.859 e. The summed E-state index contributed by atoms with van der Waals surface area (Å²) >= 11 is 29.2. The maximum Gasteiger partial charge on any atom is 2.00 e. The number of aliphatic imine (C=N–C) groups is 2. The summed E-state index contributed by atoms with van der Waals surface area (Å²) in [5.41, 5.74) is 10.1. The van der Waals surface area contributed by atoms with Gasteiger partial charge in [0.25, 0.3) is 0 Å². The van der Waals surface area contributed by atoms with E-state index in [4.69, 9.17) is 89.9 Å². The molecule has 100 heavy (non-hydrogen) atoms. The van der Waals surface area contributed by atoms with Gasteiger partial charge >= 0.3 is 40.8 Å². The third kappa shape index (κ3) is 23.9. The quantitative estimate of drug-likeness (QED) is 0.0414. The van der Waals surface area contributed by atoms with Crippen LogP contribution >= 0.6 is 69.6 Å². The molecule has 2 atom stereocenters. The zero-order chi connectivity index (χ0) is 68.2. The van der Waals surface area contributed by atoms with Crippen molar-refractivity contribution in [3.05, 3.63) is 398 Å². The first-order valence-corrected chi connectivity index (χ1v) is 33.3. The van der Waals surface area contributed by atoms with E-state index in [0.29, 0.717) is 37.1 Å². The summed E-state index contributed by atoms with van der Waals surface area (Å²) in [6, 6.07) is 86.5. The molecule has 20 radical (unpaired) electrons. The van der Waals surface area contributed by atoms with E-state index in [-0.39, 0.29) is 74.4 Å². The van der Waals surface area contributed by atoms with Crippen LogP contribution in [0, 0.1) is 133 Å². The Morgan fingerprint density at radius 1 is 0.370 bits per heavy atom. The molecule has 0 aromatic heterocycles. The van der Waals surface area contributed by atoms with Gasteiger partial charge in [-0.25, -0.2) is 12.8 Å². The number of ether oxygens (including phenoxy) is 2. The minimum Gasteiger partial charge on any atom is -0.859 e. The van der Waals surface area contributed by atoms with Crippen molar-refractivity contribution in [3.8, 4) is 0 Å². The third-order valence-corrected chi connectivity index (χ3v) is 16.6. The van der Waals surface area contributed by atoms with Gasteiger partial charge in [-0.05, 0) is 56.3 Å². The van der Waals surface area contributed by atoms with Gasteiger partial charge in [-0.15, -0.1) is 11.8 Å². The van der Waals surface area contributed by atoms with Gasteiger partial charge in [0.15, 0.2) is 11.8 Å². The molecule has 18 heteroatoms. The van der Waals surface area contributed by atoms with Crippen LogP contribution in [-0.2, 0) is 83.9 Å². The van der Waals surface area contributed by atoms with Crippen molar-refractivity contribution < 1.29 is 94.1 Å². The van der Waals surface area contributed by atoms with Crippen LogP contribution < -0.4 is 10.2 Å². The Labute approximate surface area is 671 Å². The van der Waals surface area contributed by atoms with Crippen molar-refractivity contribution in [2.24, 2.45) is 21.8 Å². The summed E-state index contributed by atoms with van der Waals surface area (Å²) in [5, 5.41) is 31.9. The number of benzene rings is 8. The molecule has 0 spiro atoms. The minimum absolute atomic E-state index is 0. The average molecular weight is 1720 g/mol. The Balaban J connectivity index is 0.000000232. The second-order valence-corrected chi connectivity index (χ2v) is 27.4. The molecule has 520 valence electrons. The van der Waals surface area contributed by atoms with Gasteiger partial charge in [0.1, 0.15) is 13.2 Å². The first-order valence-electron chi connectivity index (χ1n) is 31.1. The maximum atomic E-state index is 9.74. The van der Waals surface area contributed by atoms with Crippen LogP contribution in [-0.4, -0.2) is 56.5 Å². The van der Waals surface area contributed by atoms with Gasteiger partial charge in [-0.2, -0.15) is 0 Å². The van der Waals surface area contributed by atoms with Gasteiger partial charge in [0.2, 0.25) is 7.59 Å². The predicted octanol–water partition coefficient (Wildman–Crippen LogP) is 17.8. The molecule has 8 aromatic rings. The maximum absolute atomic E-state index is 9.74. The molecule has 4 fully saturated rings. The summed E-state index contributed by atoms with van der Waals surface area (Å²) < 4.78 is 6.87. The number of rotatable bonds is 12. The summed E-state index contributed by atoms with van der Waals surface area (Å²) in [7, 11) is 0. The van der Waals surface area contributed by atoms with E-state index in [2.05, 4.69) is 293 Å². The summed E-state index contributed by atoms with van der Waals surface area (Å²) in [6.07, 6.45) is 17.8. The summed E-state index contributed by atoms with van der Waals surface area (Å²) in [5.74, 6) is 12.8. The molecule has 6 aliphatic rings. The Morgan fingerprint density at radius 2 is 0.540 bits per heavy atom. The van der Waals surface area contributed by atoms with Gasteiger partial charge in [0.05, 0.1) is 12.1 Å². The second kappa shape index (κ2) is 42.6. The molecular weight excluding hydrogens is 1650 g/mol. The summed E-state index contributed by atoms with van der Waals surface area (Å²) in [6.45, 7) is 10.1. The zero-order valence-electron chi connectivity index (χ0n) is 54.4. The molecule has 0 saturated heterocycles. The number of nitrogens with zero attached hydrogens (tertiary/aromatic N) is 2. The van der Waals surface area contributed by atoms with Crippen LogP contribution in [0.3, 0.4) is 0 Å². The van der Waals surface area contributed by atoms with Crippen LogP contribution in [0.25, 0.3) is 0 Å². The van der Waals surface area contributed by atoms with E-state index in [0.717, 1.165) is 23.6 Å². The van der Waals surface area contributed by atoms with Gasteiger partial charge < -0.3 is 43.3 Å². The first-order chi connectivity index (χ1) is 46.3. The largest absolute Gasteiger partial charge is 2.00 e. The Bertz CT molecular complexity index is 3090. The van der Waals surface area contributed by atoms with E-state index in [1.807, 2.05) is 38.5 Å². The minimum atomic E-state index is -2.06. The molecule has 8 aromatic carbocycles. The standard InChI is InChI=1S/2C28H20.2C11H13NO.2C2H2Cl3NO.2Co.2Pd/c2*1-5-13-21(14-6-1)25-26(22-15-7-2-8-16-22)28(24-19-11-4-12-20-24)27(25)23-17-9-3-10-18-23;2*1-8(2)10-7-13-11(12-10)9-5-3-4-6-9;2*3-2(4,5)1(6)7;;;;/h2*1-20H;2*3-5,8,10H,7H2,1-2H3;2*(H2,6,7);;;;/q;;2*-1;;;;;2*+2/p-2/t;;2*10-;;;;;;/m..00....../s1. The van der Waals surface area contributed by atoms with Crippen molar-refractivity contribution in [1.29, 1.82) is 10.8 Å². The number of nitrogens with one attached hydrogen (secondary N) is 2. The van der Waals surface area contributed by atoms with E-state index in [9.17, 15) is 10.2 Å². The van der Waals surface area contributed by atoms with E-state index < -0.39 is 19.4 Å². The zero-order valence-corrected chi connectivity index (χ0v) is 64.1. The fourth-order valence-corrected chi connectivity index (χ4v) is 10.7. The van der Waals surface area contributed by atoms with Gasteiger partial charge in [0, 0.05) is 92.7 Å². The molecular formula is C82H68Cl6Co2N4O4Pd2. The van der Waals surface area contributed by atoms with Crippen LogP contribution in [0.1, 0.15) is 72.2 Å². The van der Waals surface area contributed by atoms with Crippen LogP contribution in [0.15, 0.2) is 253 Å². The van der Waals surface area contributed by atoms with Crippen LogP contribution in [0.2, 0.25) is 0 Å². The normalized spacial score (nSPS) is 18.2. The summed E-state index contributed by atoms with van der Waals surface area (Å²) in [4.78, 5) is 8.99. The van der Waals surface area contributed by atoms with E-state index >= 15 is 0 Å². The molecule has 8 nitrogen and oxygen atoms in total. The number of halogens is 6. The van der Waals surface area contributed by atoms with Crippen molar-refractivity contribution in [2.45, 2.75) is 47.4 Å². The second-order valence-electron chi connectivity index (χ2n) is 22.9. The Kier molecular flexibility index (Phi) is 36.8. The molecule has 0 bridgehead atoms. The van der Waals surface area contributed by atoms with Crippen molar-refractivity contribution in [2.75, 3.05) is 13.2 Å². The molecule has 2 aliphatic heterocycles. The Morgan fingerprint density at radius 3 is 0.660 bits per heavy atom. The van der Waals surface area contributed by atoms with Crippen LogP contribution in [0.5, 0.6) is 0 Å². The monoisotopic (exact) mass is 1710 g/mol. The fraction of sp³-hybridized carbons (Fsp3) is 0.146. The number of alkyl halides is 6. The number of hydrogen-bond acceptors (Lipinski definition) is 8. The van der Waals surface area contributed by atoms with E-state index in [1.165, 1.54) is 91.9 Å². The molecule has 2 N–H and O–H groups in total. The van der Waals surface area contributed by atoms with Crippen molar-refractivity contribution in [3.63, 3.8) is 0 Å². The van der Waals surface area contributed by atoms with Crippen molar-refractivity contribution >= 4 is 93.2 Å². The topological polar surface area (TPSA) is 137 Å². The van der Waals surface area contributed by atoms with Crippen LogP contribution in [0.4, 0.5) is 0 Å². The Hall–Kier alpha value is -4.28. The average Bonchev–Trinajstić information content (AvgIpc) is 0.850. The third-order valence-electron chi connectivity index (χ3n) is 15.6. The van der Waals surface area contributed by atoms with Crippen molar-refractivity contribution in [1.82, 2.24) is 0 Å². The number of hydrogen-bond donors (Lipinski definition) is 2. The van der Waals surface area contributed by atoms with Gasteiger partial charge in [-0.3, -0.25) is 9.98 Å². The fourth-order valence-electron chi connectivity index (χ4n) is 10.7. The molecule has 4 aliphatic carbocycles.